The third-order valence-corrected chi connectivity index (χ3v) is 2.90. The lowest BCUT2D eigenvalue weighted by atomic mass is 9.99. The maximum Gasteiger partial charge on any atom is 0.0936 e. The zero-order valence-corrected chi connectivity index (χ0v) is 8.22. The molecule has 0 bridgehead atoms. The molecule has 2 aliphatic heterocycles. The molecular weight excluding hydrogens is 170 g/mol. The maximum absolute atomic E-state index is 4.36. The number of likely N-dealkylation sites (N-methyl/N-ethyl adjacent to an activating group) is 1. The van der Waals surface area contributed by atoms with E-state index in [0.717, 1.165) is 11.4 Å². The van der Waals surface area contributed by atoms with Crippen LogP contribution in [0.5, 0.6) is 0 Å². The first kappa shape index (κ1) is 8.01. The van der Waals surface area contributed by atoms with Crippen LogP contribution in [0, 0.1) is 0 Å². The fourth-order valence-electron chi connectivity index (χ4n) is 1.48. The minimum absolute atomic E-state index is 0.354. The lowest BCUT2D eigenvalue weighted by molar-refractivity contribution is 0.562. The highest BCUT2D eigenvalue weighted by Gasteiger charge is 2.32. The van der Waals surface area contributed by atoms with Crippen molar-refractivity contribution in [1.29, 1.82) is 0 Å². The molecule has 1 atom stereocenters. The number of hydrogen-bond acceptors (Lipinski definition) is 4. The Labute approximate surface area is 76.5 Å². The Hall–Kier alpha value is -0.610. The molecule has 1 unspecified atom stereocenters. The van der Waals surface area contributed by atoms with Gasteiger partial charge in [0.1, 0.15) is 0 Å². The van der Waals surface area contributed by atoms with Crippen molar-refractivity contribution in [2.75, 3.05) is 7.05 Å². The van der Waals surface area contributed by atoms with Crippen molar-refractivity contribution in [2.45, 2.75) is 19.9 Å². The summed E-state index contributed by atoms with van der Waals surface area (Å²) in [7, 11) is 2.06. The van der Waals surface area contributed by atoms with Gasteiger partial charge in [-0.2, -0.15) is 0 Å². The molecule has 0 radical (unpaired) electrons. The number of aliphatic imine (C=N–C) groups is 1. The van der Waals surface area contributed by atoms with Gasteiger partial charge in [-0.25, -0.2) is 8.70 Å². The fraction of sp³-hybridized carbons (Fsp3) is 0.500. The van der Waals surface area contributed by atoms with Gasteiger partial charge < -0.3 is 0 Å². The molecule has 0 saturated carbocycles. The molecule has 0 spiro atoms. The minimum atomic E-state index is 0.354. The van der Waals surface area contributed by atoms with Gasteiger partial charge >= 0.3 is 0 Å². The van der Waals surface area contributed by atoms with E-state index < -0.39 is 0 Å². The van der Waals surface area contributed by atoms with E-state index in [1.54, 1.807) is 0 Å². The number of nitrogens with zero attached hydrogens (tertiary/aromatic N) is 3. The predicted octanol–water partition coefficient (Wildman–Crippen LogP) is 1.68. The van der Waals surface area contributed by atoms with Crippen LogP contribution in [-0.4, -0.2) is 28.8 Å². The first-order chi connectivity index (χ1) is 5.70. The molecule has 0 N–H and O–H groups in total. The summed E-state index contributed by atoms with van der Waals surface area (Å²) in [5.41, 5.74) is 3.43. The molecule has 0 aromatic carbocycles. The second-order valence-corrected chi connectivity index (χ2v) is 4.02. The summed E-state index contributed by atoms with van der Waals surface area (Å²) in [4.78, 5) is 4.27. The van der Waals surface area contributed by atoms with E-state index in [1.807, 2.05) is 13.1 Å². The smallest absolute Gasteiger partial charge is 0.0936 e. The van der Waals surface area contributed by atoms with E-state index in [1.165, 1.54) is 17.7 Å². The van der Waals surface area contributed by atoms with Crippen molar-refractivity contribution in [2.24, 2.45) is 9.39 Å². The summed E-state index contributed by atoms with van der Waals surface area (Å²) in [6.45, 7) is 4.10. The summed E-state index contributed by atoms with van der Waals surface area (Å²) in [6, 6.07) is 0.354. The quantitative estimate of drug-likeness (QED) is 0.532. The monoisotopic (exact) mass is 181 g/mol. The lowest BCUT2D eigenvalue weighted by Gasteiger charge is -2.22. The molecular formula is C8H11N3S. The Bertz CT molecular complexity index is 303. The molecule has 12 heavy (non-hydrogen) atoms. The van der Waals surface area contributed by atoms with Crippen LogP contribution in [0.4, 0.5) is 0 Å². The zero-order valence-electron chi connectivity index (χ0n) is 7.40. The van der Waals surface area contributed by atoms with Crippen LogP contribution in [0.15, 0.2) is 21.2 Å². The highest BCUT2D eigenvalue weighted by molar-refractivity contribution is 7.96. The minimum Gasteiger partial charge on any atom is -0.260 e. The molecule has 2 heterocycles. The molecule has 0 fully saturated rings. The van der Waals surface area contributed by atoms with E-state index in [0.29, 0.717) is 6.04 Å². The van der Waals surface area contributed by atoms with Gasteiger partial charge in [0.15, 0.2) is 0 Å². The summed E-state index contributed by atoms with van der Waals surface area (Å²) in [6.07, 6.45) is 1.93. The van der Waals surface area contributed by atoms with E-state index in [2.05, 4.69) is 27.7 Å². The van der Waals surface area contributed by atoms with Crippen LogP contribution in [0.3, 0.4) is 0 Å². The van der Waals surface area contributed by atoms with Crippen LogP contribution in [0.25, 0.3) is 0 Å². The standard InChI is InChI=1S/C8H11N3S/c1-5-4-9-6(2)7-8(5)11(3)12-10-7/h4,8H,1-3H3. The third-order valence-electron chi connectivity index (χ3n) is 2.15. The molecule has 2 rings (SSSR count). The number of hydrogen-bond donors (Lipinski definition) is 0. The third kappa shape index (κ3) is 1.03. The van der Waals surface area contributed by atoms with Gasteiger partial charge in [0.2, 0.25) is 0 Å². The highest BCUT2D eigenvalue weighted by atomic mass is 32.2. The molecule has 0 aliphatic carbocycles. The van der Waals surface area contributed by atoms with Crippen molar-refractivity contribution >= 4 is 23.6 Å². The summed E-state index contributed by atoms with van der Waals surface area (Å²) in [5, 5.41) is 0. The van der Waals surface area contributed by atoms with Crippen LogP contribution in [-0.2, 0) is 0 Å². The molecule has 64 valence electrons. The molecule has 3 nitrogen and oxygen atoms in total. The van der Waals surface area contributed by atoms with E-state index in [-0.39, 0.29) is 0 Å². The van der Waals surface area contributed by atoms with Gasteiger partial charge in [-0.3, -0.25) is 4.99 Å². The zero-order chi connectivity index (χ0) is 8.72. The van der Waals surface area contributed by atoms with Crippen LogP contribution in [0.2, 0.25) is 0 Å². The molecule has 0 aromatic heterocycles. The molecule has 2 aliphatic rings. The van der Waals surface area contributed by atoms with E-state index >= 15 is 0 Å². The molecule has 4 heteroatoms. The fourth-order valence-corrected chi connectivity index (χ4v) is 2.29. The Kier molecular flexibility index (Phi) is 1.81. The Morgan fingerprint density at radius 1 is 1.50 bits per heavy atom. The van der Waals surface area contributed by atoms with Crippen molar-refractivity contribution in [3.8, 4) is 0 Å². The first-order valence-corrected chi connectivity index (χ1v) is 4.62. The second-order valence-electron chi connectivity index (χ2n) is 3.09. The summed E-state index contributed by atoms with van der Waals surface area (Å²) in [5.74, 6) is 0. The normalized spacial score (nSPS) is 29.2. The molecule has 0 amide bonds. The number of rotatable bonds is 0. The van der Waals surface area contributed by atoms with Crippen molar-refractivity contribution < 1.29 is 0 Å². The topological polar surface area (TPSA) is 28.0 Å². The van der Waals surface area contributed by atoms with Gasteiger partial charge in [0.05, 0.1) is 29.6 Å². The van der Waals surface area contributed by atoms with Crippen molar-refractivity contribution in [3.05, 3.63) is 11.8 Å². The summed E-state index contributed by atoms with van der Waals surface area (Å²) < 4.78 is 6.51. The lowest BCUT2D eigenvalue weighted by Crippen LogP contribution is -2.36. The van der Waals surface area contributed by atoms with E-state index in [9.17, 15) is 0 Å². The van der Waals surface area contributed by atoms with Gasteiger partial charge in [-0.15, -0.1) is 0 Å². The highest BCUT2D eigenvalue weighted by Crippen LogP contribution is 2.29. The Morgan fingerprint density at radius 3 is 2.92 bits per heavy atom. The number of fused-ring (bicyclic) bond motifs is 1. The average Bonchev–Trinajstić information content (AvgIpc) is 2.42. The largest absolute Gasteiger partial charge is 0.260 e. The van der Waals surface area contributed by atoms with Gasteiger partial charge in [-0.1, -0.05) is 0 Å². The molecule has 0 saturated heterocycles. The second kappa shape index (κ2) is 2.71. The van der Waals surface area contributed by atoms with Gasteiger partial charge in [0.25, 0.3) is 0 Å². The van der Waals surface area contributed by atoms with Crippen LogP contribution >= 0.6 is 12.1 Å². The van der Waals surface area contributed by atoms with E-state index in [4.69, 9.17) is 0 Å². The summed E-state index contributed by atoms with van der Waals surface area (Å²) >= 11 is 1.51. The Balaban J connectivity index is 2.42. The molecule has 0 aromatic rings. The Morgan fingerprint density at radius 2 is 2.25 bits per heavy atom. The van der Waals surface area contributed by atoms with Gasteiger partial charge in [-0.05, 0) is 19.4 Å². The maximum atomic E-state index is 4.36. The average molecular weight is 181 g/mol. The SMILES string of the molecule is CC1=CN=C(C)C2=NSN(C)C12. The van der Waals surface area contributed by atoms with Crippen molar-refractivity contribution in [1.82, 2.24) is 4.31 Å². The predicted molar refractivity (Wildman–Crippen MR) is 53.4 cm³/mol. The van der Waals surface area contributed by atoms with Gasteiger partial charge in [0, 0.05) is 13.2 Å². The van der Waals surface area contributed by atoms with Crippen molar-refractivity contribution in [3.63, 3.8) is 0 Å². The van der Waals surface area contributed by atoms with Crippen LogP contribution < -0.4 is 0 Å². The first-order valence-electron chi connectivity index (χ1n) is 3.89. The van der Waals surface area contributed by atoms with Crippen LogP contribution in [0.1, 0.15) is 13.8 Å².